The topological polar surface area (TPSA) is 49.8 Å². The van der Waals surface area contributed by atoms with Gasteiger partial charge in [0.25, 0.3) is 0 Å². The Labute approximate surface area is 139 Å². The Balaban J connectivity index is 1.91. The van der Waals surface area contributed by atoms with Crippen LogP contribution in [0.1, 0.15) is 25.8 Å². The first-order chi connectivity index (χ1) is 11.1. The van der Waals surface area contributed by atoms with Gasteiger partial charge in [-0.2, -0.15) is 13.2 Å². The summed E-state index contributed by atoms with van der Waals surface area (Å²) in [6.07, 6.45) is -5.24. The van der Waals surface area contributed by atoms with Crippen LogP contribution in [-0.4, -0.2) is 47.4 Å². The van der Waals surface area contributed by atoms with Gasteiger partial charge in [-0.05, 0) is 19.4 Å². The van der Waals surface area contributed by atoms with E-state index < -0.39 is 36.1 Å². The van der Waals surface area contributed by atoms with Gasteiger partial charge in [0.1, 0.15) is 0 Å². The van der Waals surface area contributed by atoms with E-state index in [0.717, 1.165) is 10.5 Å². The summed E-state index contributed by atoms with van der Waals surface area (Å²) in [5.74, 6) is -0.448. The zero-order valence-corrected chi connectivity index (χ0v) is 13.8. The molecule has 1 aliphatic rings. The number of carbonyl (C=O) groups excluding carboxylic acids is 1. The maximum absolute atomic E-state index is 12.9. The van der Waals surface area contributed by atoms with E-state index in [9.17, 15) is 23.1 Å². The largest absolute Gasteiger partial charge is 0.419 e. The highest BCUT2D eigenvalue weighted by Gasteiger charge is 2.58. The highest BCUT2D eigenvalue weighted by molar-refractivity contribution is 5.82. The normalized spacial score (nSPS) is 22.0. The predicted molar refractivity (Wildman–Crippen MR) is 82.1 cm³/mol. The van der Waals surface area contributed by atoms with Gasteiger partial charge in [0.2, 0.25) is 5.91 Å². The smallest absolute Gasteiger partial charge is 0.379 e. The van der Waals surface area contributed by atoms with Gasteiger partial charge in [-0.25, -0.2) is 0 Å². The summed E-state index contributed by atoms with van der Waals surface area (Å²) in [6, 6.07) is 9.40. The molecule has 134 valence electrons. The lowest BCUT2D eigenvalue weighted by atomic mass is 9.92. The fourth-order valence-electron chi connectivity index (χ4n) is 2.69. The number of hydrogen-bond donors (Lipinski definition) is 1. The van der Waals surface area contributed by atoms with Crippen LogP contribution in [0.4, 0.5) is 13.2 Å². The summed E-state index contributed by atoms with van der Waals surface area (Å²) in [5, 5.41) is 9.69. The molecule has 2 rings (SSSR count). The van der Waals surface area contributed by atoms with E-state index in [4.69, 9.17) is 4.74 Å². The number of benzene rings is 1. The lowest BCUT2D eigenvalue weighted by molar-refractivity contribution is -0.253. The van der Waals surface area contributed by atoms with Gasteiger partial charge >= 0.3 is 6.18 Å². The fourth-order valence-corrected chi connectivity index (χ4v) is 2.69. The predicted octanol–water partition coefficient (Wildman–Crippen LogP) is 2.76. The van der Waals surface area contributed by atoms with Gasteiger partial charge in [0.05, 0.1) is 25.2 Å². The fraction of sp³-hybridized carbons (Fsp3) is 0.588. The first kappa shape index (κ1) is 18.7. The van der Waals surface area contributed by atoms with E-state index in [-0.39, 0.29) is 13.2 Å². The lowest BCUT2D eigenvalue weighted by Crippen LogP contribution is -2.50. The monoisotopic (exact) mass is 345 g/mol. The van der Waals surface area contributed by atoms with Gasteiger partial charge in [-0.1, -0.05) is 30.3 Å². The zero-order valence-electron chi connectivity index (χ0n) is 13.8. The molecule has 1 fully saturated rings. The van der Waals surface area contributed by atoms with Crippen LogP contribution in [0.25, 0.3) is 0 Å². The summed E-state index contributed by atoms with van der Waals surface area (Å²) < 4.78 is 44.1. The summed E-state index contributed by atoms with van der Waals surface area (Å²) in [5.41, 5.74) is -2.83. The number of nitrogens with zero attached hydrogens (tertiary/aromatic N) is 1. The van der Waals surface area contributed by atoms with Crippen LogP contribution in [-0.2, 0) is 16.1 Å². The summed E-state index contributed by atoms with van der Waals surface area (Å²) in [4.78, 5) is 13.6. The molecule has 0 aliphatic carbocycles. The minimum Gasteiger partial charge on any atom is -0.379 e. The minimum absolute atomic E-state index is 0.0850. The molecule has 0 bridgehead atoms. The standard InChI is InChI=1S/C17H22F3NO3/c1-15(2,12-24-10-13-6-4-3-5-7-13)14(22)21-9-8-16(23,11-21)17(18,19)20/h3-7,23H,8-12H2,1-2H3/t16-/m0/s1. The Morgan fingerprint density at radius 1 is 1.29 bits per heavy atom. The summed E-state index contributed by atoms with van der Waals surface area (Å²) in [6.45, 7) is 2.83. The third-order valence-electron chi connectivity index (χ3n) is 4.22. The van der Waals surface area contributed by atoms with Crippen molar-refractivity contribution in [1.29, 1.82) is 0 Å². The van der Waals surface area contributed by atoms with E-state index in [1.54, 1.807) is 13.8 Å². The molecule has 1 aliphatic heterocycles. The Hall–Kier alpha value is -1.60. The molecule has 0 unspecified atom stereocenters. The van der Waals surface area contributed by atoms with Crippen molar-refractivity contribution in [3.05, 3.63) is 35.9 Å². The second-order valence-electron chi connectivity index (χ2n) is 6.87. The molecule has 0 radical (unpaired) electrons. The van der Waals surface area contributed by atoms with Crippen molar-refractivity contribution in [3.63, 3.8) is 0 Å². The molecule has 4 nitrogen and oxygen atoms in total. The molecule has 1 N–H and O–H groups in total. The Morgan fingerprint density at radius 3 is 2.46 bits per heavy atom. The maximum atomic E-state index is 12.9. The first-order valence-corrected chi connectivity index (χ1v) is 7.75. The molecule has 1 saturated heterocycles. The van der Waals surface area contributed by atoms with Crippen LogP contribution in [0, 0.1) is 5.41 Å². The number of amides is 1. The summed E-state index contributed by atoms with van der Waals surface area (Å²) >= 11 is 0. The molecule has 0 spiro atoms. The van der Waals surface area contributed by atoms with Gasteiger partial charge in [0, 0.05) is 13.0 Å². The van der Waals surface area contributed by atoms with Crippen LogP contribution in [0.2, 0.25) is 0 Å². The molecule has 24 heavy (non-hydrogen) atoms. The van der Waals surface area contributed by atoms with E-state index >= 15 is 0 Å². The third kappa shape index (κ3) is 4.08. The number of carbonyl (C=O) groups is 1. The van der Waals surface area contributed by atoms with Crippen LogP contribution >= 0.6 is 0 Å². The summed E-state index contributed by atoms with van der Waals surface area (Å²) in [7, 11) is 0. The Morgan fingerprint density at radius 2 is 1.92 bits per heavy atom. The average molecular weight is 345 g/mol. The highest BCUT2D eigenvalue weighted by Crippen LogP contribution is 2.38. The van der Waals surface area contributed by atoms with Crippen LogP contribution in [0.3, 0.4) is 0 Å². The molecule has 0 saturated carbocycles. The van der Waals surface area contributed by atoms with E-state index in [1.807, 2.05) is 30.3 Å². The molecule has 1 aromatic rings. The number of hydrogen-bond acceptors (Lipinski definition) is 3. The first-order valence-electron chi connectivity index (χ1n) is 7.75. The lowest BCUT2D eigenvalue weighted by Gasteiger charge is -2.31. The van der Waals surface area contributed by atoms with Gasteiger partial charge in [-0.15, -0.1) is 0 Å². The molecule has 1 aromatic carbocycles. The number of likely N-dealkylation sites (tertiary alicyclic amines) is 1. The molecule has 0 aromatic heterocycles. The average Bonchev–Trinajstić information content (AvgIpc) is 2.91. The number of halogens is 3. The molecular formula is C17H22F3NO3. The van der Waals surface area contributed by atoms with Crippen molar-refractivity contribution in [2.45, 2.75) is 38.7 Å². The highest BCUT2D eigenvalue weighted by atomic mass is 19.4. The molecule has 7 heteroatoms. The van der Waals surface area contributed by atoms with Crippen molar-refractivity contribution < 1.29 is 27.8 Å². The van der Waals surface area contributed by atoms with Gasteiger partial charge < -0.3 is 14.7 Å². The van der Waals surface area contributed by atoms with E-state index in [2.05, 4.69) is 0 Å². The van der Waals surface area contributed by atoms with Crippen LogP contribution in [0.15, 0.2) is 30.3 Å². The number of β-amino-alcohol motifs (C(OH)–C–C–N with tert-alkyl or cyclic N) is 1. The van der Waals surface area contributed by atoms with E-state index in [1.165, 1.54) is 0 Å². The van der Waals surface area contributed by atoms with Crippen LogP contribution in [0.5, 0.6) is 0 Å². The van der Waals surface area contributed by atoms with Crippen molar-refractivity contribution in [2.24, 2.45) is 5.41 Å². The van der Waals surface area contributed by atoms with Crippen molar-refractivity contribution in [3.8, 4) is 0 Å². The van der Waals surface area contributed by atoms with Crippen LogP contribution < -0.4 is 0 Å². The molecular weight excluding hydrogens is 323 g/mol. The van der Waals surface area contributed by atoms with Gasteiger partial charge in [0.15, 0.2) is 5.60 Å². The quantitative estimate of drug-likeness (QED) is 0.893. The Kier molecular flexibility index (Phi) is 5.25. The second kappa shape index (κ2) is 6.72. The SMILES string of the molecule is CC(C)(COCc1ccccc1)C(=O)N1CC[C@@](O)(C(F)(F)F)C1. The van der Waals surface area contributed by atoms with Gasteiger partial charge in [-0.3, -0.25) is 4.79 Å². The van der Waals surface area contributed by atoms with Crippen molar-refractivity contribution in [1.82, 2.24) is 4.90 Å². The third-order valence-corrected chi connectivity index (χ3v) is 4.22. The number of rotatable bonds is 5. The number of ether oxygens (including phenoxy) is 1. The maximum Gasteiger partial charge on any atom is 0.419 e. The number of aliphatic hydroxyl groups is 1. The van der Waals surface area contributed by atoms with E-state index in [0.29, 0.717) is 6.61 Å². The van der Waals surface area contributed by atoms with Crippen molar-refractivity contribution >= 4 is 5.91 Å². The molecule has 1 atom stereocenters. The zero-order chi connectivity index (χ0) is 18.0. The molecule has 1 heterocycles. The Bertz CT molecular complexity index is 574. The minimum atomic E-state index is -4.74. The molecule has 1 amide bonds. The van der Waals surface area contributed by atoms with Crippen molar-refractivity contribution in [2.75, 3.05) is 19.7 Å². The second-order valence-corrected chi connectivity index (χ2v) is 6.87. The number of alkyl halides is 3.